The number of fused-ring (bicyclic) bond motifs is 1. The Balaban J connectivity index is 1.75. The zero-order valence-corrected chi connectivity index (χ0v) is 24.1. The average Bonchev–Trinajstić information content (AvgIpc) is 3.04. The fourth-order valence-electron chi connectivity index (χ4n) is 4.29. The van der Waals surface area contributed by atoms with Crippen molar-refractivity contribution in [3.8, 4) is 0 Å². The maximum absolute atomic E-state index is 14.2. The van der Waals surface area contributed by atoms with Crippen LogP contribution in [0.1, 0.15) is 38.8 Å². The average molecular weight is 558 g/mol. The lowest BCUT2D eigenvalue weighted by atomic mass is 10.2. The van der Waals surface area contributed by atoms with Crippen LogP contribution in [0.15, 0.2) is 72.7 Å². The van der Waals surface area contributed by atoms with Crippen LogP contribution in [0.2, 0.25) is 0 Å². The number of rotatable bonds is 8. The van der Waals surface area contributed by atoms with Gasteiger partial charge in [-0.15, -0.1) is 0 Å². The van der Waals surface area contributed by atoms with Crippen LogP contribution in [-0.4, -0.2) is 51.9 Å². The molecule has 0 unspecified atom stereocenters. The van der Waals surface area contributed by atoms with Gasteiger partial charge < -0.3 is 25.7 Å². The zero-order valence-electron chi connectivity index (χ0n) is 24.1. The molecule has 0 bridgehead atoms. The first kappa shape index (κ1) is 29.2. The molecule has 214 valence electrons. The van der Waals surface area contributed by atoms with Crippen molar-refractivity contribution in [3.05, 3.63) is 83.8 Å². The van der Waals surface area contributed by atoms with Gasteiger partial charge in [-0.1, -0.05) is 36.4 Å². The van der Waals surface area contributed by atoms with Crippen molar-refractivity contribution < 1.29 is 19.6 Å². The van der Waals surface area contributed by atoms with E-state index in [9.17, 15) is 9.59 Å². The molecule has 1 aliphatic heterocycles. The Hall–Kier alpha value is -4.77. The van der Waals surface area contributed by atoms with E-state index in [4.69, 9.17) is 15.1 Å². The molecule has 0 atom stereocenters. The third-order valence-corrected chi connectivity index (χ3v) is 6.12. The molecule has 0 fully saturated rings. The molecule has 1 aromatic heterocycles. The smallest absolute Gasteiger partial charge is 0.412 e. The molecule has 3 aromatic rings. The molecule has 0 saturated heterocycles. The summed E-state index contributed by atoms with van der Waals surface area (Å²) in [5, 5.41) is 15.8. The van der Waals surface area contributed by atoms with Crippen LogP contribution < -0.4 is 20.9 Å². The maximum Gasteiger partial charge on any atom is 0.412 e. The molecular formula is C30H37N8O3+. The minimum Gasteiger partial charge on any atom is -0.444 e. The molecule has 0 spiro atoms. The number of allylic oxidation sites excluding steroid dienone is 1. The predicted octanol–water partition coefficient (Wildman–Crippen LogP) is 4.63. The van der Waals surface area contributed by atoms with Crippen LogP contribution in [0.5, 0.6) is 0 Å². The van der Waals surface area contributed by atoms with E-state index < -0.39 is 11.7 Å². The maximum atomic E-state index is 14.2. The predicted molar refractivity (Wildman–Crippen MR) is 159 cm³/mol. The highest BCUT2D eigenvalue weighted by Gasteiger charge is 2.31. The Bertz CT molecular complexity index is 1450. The topological polar surface area (TPSA) is 140 Å². The Kier molecular flexibility index (Phi) is 8.98. The van der Waals surface area contributed by atoms with E-state index >= 15 is 0 Å². The number of anilines is 4. The normalized spacial score (nSPS) is 13.8. The monoisotopic (exact) mass is 557 g/mol. The van der Waals surface area contributed by atoms with Gasteiger partial charge in [0.2, 0.25) is 5.95 Å². The lowest BCUT2D eigenvalue weighted by molar-refractivity contribution is -0.556. The van der Waals surface area contributed by atoms with E-state index in [2.05, 4.69) is 15.6 Å². The molecule has 2 heterocycles. The Morgan fingerprint density at radius 1 is 1.15 bits per heavy atom. The lowest BCUT2D eigenvalue weighted by Crippen LogP contribution is -2.73. The van der Waals surface area contributed by atoms with Crippen molar-refractivity contribution in [3.63, 3.8) is 0 Å². The van der Waals surface area contributed by atoms with Crippen LogP contribution >= 0.6 is 0 Å². The van der Waals surface area contributed by atoms with E-state index in [-0.39, 0.29) is 12.0 Å². The van der Waals surface area contributed by atoms with E-state index in [1.165, 1.54) is 0 Å². The summed E-state index contributed by atoms with van der Waals surface area (Å²) in [6, 6.07) is 16.6. The Labute approximate surface area is 240 Å². The molecule has 11 nitrogen and oxygen atoms in total. The summed E-state index contributed by atoms with van der Waals surface area (Å²) < 4.78 is 5.41. The summed E-state index contributed by atoms with van der Waals surface area (Å²) in [5.41, 5.74) is 3.02. The van der Waals surface area contributed by atoms with Gasteiger partial charge in [0.05, 0.1) is 18.4 Å². The highest BCUT2D eigenvalue weighted by atomic mass is 16.6. The summed E-state index contributed by atoms with van der Waals surface area (Å²) in [6.45, 7) is 7.95. The number of quaternary nitrogens is 1. The van der Waals surface area contributed by atoms with Gasteiger partial charge in [0.1, 0.15) is 23.3 Å². The third kappa shape index (κ3) is 7.67. The number of ether oxygens (including phenoxy) is 1. The van der Waals surface area contributed by atoms with Crippen molar-refractivity contribution in [2.45, 2.75) is 46.3 Å². The molecule has 0 saturated carbocycles. The van der Waals surface area contributed by atoms with Gasteiger partial charge >= 0.3 is 12.1 Å². The number of benzene rings is 2. The van der Waals surface area contributed by atoms with Gasteiger partial charge in [-0.3, -0.25) is 5.32 Å². The fourth-order valence-corrected chi connectivity index (χ4v) is 4.29. The second-order valence-electron chi connectivity index (χ2n) is 10.7. The molecule has 0 radical (unpaired) electrons. The van der Waals surface area contributed by atoms with Crippen LogP contribution in [0.4, 0.5) is 32.7 Å². The van der Waals surface area contributed by atoms with Gasteiger partial charge in [-0.25, -0.2) is 19.5 Å². The Morgan fingerprint density at radius 3 is 2.59 bits per heavy atom. The summed E-state index contributed by atoms with van der Waals surface area (Å²) in [5.74, 6) is 0.695. The standard InChI is InChI=1S/C30H36N8O3/c1-20(31)25(18-32-5)35-27-33-17-22-14-15-37(19-21-10-7-6-8-11-21)29(40)38(26(22)36-27)24-13-9-12-23(16-24)34-28(39)41-30(2,3)4/h6-13,16-18,31-32H,14-15,19H2,1-5H3,(H,34,39)(H,33,35,36)/p+1/b25-18+,31-20?. The van der Waals surface area contributed by atoms with Crippen LogP contribution in [0.3, 0.4) is 0 Å². The SMILES string of the molecule is C[NH2+]/C=C(/Nc1ncc2c(n1)N(c1cccc(NC(=O)OC(C)(C)C)c1)C(=O)N(Cc1ccccc1)CC2)C(C)=N. The summed E-state index contributed by atoms with van der Waals surface area (Å²) in [4.78, 5) is 39.2. The van der Waals surface area contributed by atoms with E-state index in [0.717, 1.165) is 11.1 Å². The molecule has 4 rings (SSSR count). The first-order chi connectivity index (χ1) is 19.5. The number of hydrogen-bond donors (Lipinski definition) is 4. The third-order valence-electron chi connectivity index (χ3n) is 6.12. The van der Waals surface area contributed by atoms with E-state index in [0.29, 0.717) is 48.1 Å². The number of aromatic nitrogens is 2. The molecule has 2 aromatic carbocycles. The minimum absolute atomic E-state index is 0.257. The van der Waals surface area contributed by atoms with Crippen molar-refractivity contribution in [2.75, 3.05) is 29.1 Å². The van der Waals surface area contributed by atoms with Crippen LogP contribution in [0, 0.1) is 5.41 Å². The number of nitrogens with two attached hydrogens (primary N) is 1. The highest BCUT2D eigenvalue weighted by Crippen LogP contribution is 2.34. The number of nitrogens with one attached hydrogen (secondary N) is 3. The van der Waals surface area contributed by atoms with E-state index in [1.807, 2.05) is 42.7 Å². The molecule has 5 N–H and O–H groups in total. The van der Waals surface area contributed by atoms with Crippen molar-refractivity contribution in [1.29, 1.82) is 5.41 Å². The molecule has 3 amide bonds. The van der Waals surface area contributed by atoms with Gasteiger partial charge in [0.15, 0.2) is 0 Å². The molecule has 11 heteroatoms. The number of carbonyl (C=O) groups is 2. The first-order valence-corrected chi connectivity index (χ1v) is 13.4. The molecule has 1 aliphatic rings. The summed E-state index contributed by atoms with van der Waals surface area (Å²) in [6.07, 6.45) is 3.45. The van der Waals surface area contributed by atoms with Gasteiger partial charge in [0, 0.05) is 30.5 Å². The number of hydrogen-bond acceptors (Lipinski definition) is 7. The molecule has 0 aliphatic carbocycles. The largest absolute Gasteiger partial charge is 0.444 e. The number of amides is 3. The van der Waals surface area contributed by atoms with Gasteiger partial charge in [0.25, 0.3) is 0 Å². The molecular weight excluding hydrogens is 520 g/mol. The van der Waals surface area contributed by atoms with Crippen LogP contribution in [-0.2, 0) is 17.7 Å². The number of carbonyl (C=O) groups excluding carboxylic acids is 2. The van der Waals surface area contributed by atoms with Gasteiger partial charge in [-0.05, 0) is 57.9 Å². The quantitative estimate of drug-likeness (QED) is 0.298. The summed E-state index contributed by atoms with van der Waals surface area (Å²) in [7, 11) is 1.86. The first-order valence-electron chi connectivity index (χ1n) is 13.4. The lowest BCUT2D eigenvalue weighted by Gasteiger charge is -2.28. The minimum atomic E-state index is -0.655. The second kappa shape index (κ2) is 12.6. The van der Waals surface area contributed by atoms with Gasteiger partial charge in [-0.2, -0.15) is 4.98 Å². The highest BCUT2D eigenvalue weighted by molar-refractivity contribution is 6.01. The number of nitrogens with zero attached hydrogens (tertiary/aromatic N) is 4. The van der Waals surface area contributed by atoms with Crippen molar-refractivity contribution in [1.82, 2.24) is 14.9 Å². The summed E-state index contributed by atoms with van der Waals surface area (Å²) >= 11 is 0. The van der Waals surface area contributed by atoms with Crippen molar-refractivity contribution >= 4 is 41.0 Å². The Morgan fingerprint density at radius 2 is 1.90 bits per heavy atom. The molecule has 41 heavy (non-hydrogen) atoms. The van der Waals surface area contributed by atoms with Crippen molar-refractivity contribution in [2.24, 2.45) is 0 Å². The zero-order chi connectivity index (χ0) is 29.6. The fraction of sp³-hybridized carbons (Fsp3) is 0.300. The van der Waals surface area contributed by atoms with Crippen LogP contribution in [0.25, 0.3) is 0 Å². The van der Waals surface area contributed by atoms with E-state index in [1.54, 1.807) is 74.2 Å². The second-order valence-corrected chi connectivity index (χ2v) is 10.7. The number of urea groups is 1.